The average Bonchev–Trinajstić information content (AvgIpc) is 2.49. The van der Waals surface area contributed by atoms with E-state index >= 15 is 0 Å². The number of hydrogen-bond donors (Lipinski definition) is 5. The lowest BCUT2D eigenvalue weighted by Crippen LogP contribution is -2.57. The zero-order valence-electron chi connectivity index (χ0n) is 12.0. The molecule has 10 nitrogen and oxygen atoms in total. The maximum Gasteiger partial charge on any atom is 0.466 e. The summed E-state index contributed by atoms with van der Waals surface area (Å²) < 4.78 is 38.9. The molecule has 0 aromatic carbocycles. The van der Waals surface area contributed by atoms with Gasteiger partial charge in [-0.3, -0.25) is 4.55 Å². The second-order valence-corrected chi connectivity index (χ2v) is 7.71. The molecule has 5 N–H and O–H groups in total. The lowest BCUT2D eigenvalue weighted by Gasteiger charge is -2.39. The molecule has 0 bridgehead atoms. The highest BCUT2D eigenvalue weighted by molar-refractivity contribution is 8.14. The van der Waals surface area contributed by atoms with Gasteiger partial charge in [0.1, 0.15) is 34.9 Å². The van der Waals surface area contributed by atoms with E-state index in [9.17, 15) is 23.7 Å². The molecule has 1 fully saturated rings. The standard InChI is InChI=1S/C10H19NO9S3/c1-21-3-2-6(11-20-23(16,17)18)22-10-9(15)8(14)7(13)5(4-12)19-10/h5,7-10,12-15H,2-4H2,1H3,(H,16,17,18)/b11-6-/t5-,7-,8+,9-,10+/m1/s1. The second kappa shape index (κ2) is 9.39. The zero-order valence-corrected chi connectivity index (χ0v) is 14.5. The summed E-state index contributed by atoms with van der Waals surface area (Å²) >= 11 is 2.20. The molecule has 5 atom stereocenters. The summed E-state index contributed by atoms with van der Waals surface area (Å²) in [4.78, 5) is 0. The van der Waals surface area contributed by atoms with Crippen molar-refractivity contribution in [3.8, 4) is 0 Å². The van der Waals surface area contributed by atoms with E-state index in [0.717, 1.165) is 11.8 Å². The number of aliphatic hydroxyl groups is 4. The number of thioether (sulfide) groups is 2. The van der Waals surface area contributed by atoms with Crippen LogP contribution in [-0.4, -0.2) is 86.9 Å². The molecule has 0 unspecified atom stereocenters. The van der Waals surface area contributed by atoms with E-state index in [4.69, 9.17) is 14.4 Å². The molecule has 0 aromatic rings. The van der Waals surface area contributed by atoms with Crippen molar-refractivity contribution in [1.29, 1.82) is 0 Å². The number of oxime groups is 1. The highest BCUT2D eigenvalue weighted by atomic mass is 32.3. The minimum absolute atomic E-state index is 0.0845. The van der Waals surface area contributed by atoms with Gasteiger partial charge in [-0.15, -0.1) is 0 Å². The lowest BCUT2D eigenvalue weighted by molar-refractivity contribution is -0.205. The first-order valence-corrected chi connectivity index (χ1v) is 10.0. The van der Waals surface area contributed by atoms with E-state index in [-0.39, 0.29) is 11.5 Å². The van der Waals surface area contributed by atoms with E-state index in [1.807, 2.05) is 0 Å². The summed E-state index contributed by atoms with van der Waals surface area (Å²) in [7, 11) is -4.77. The van der Waals surface area contributed by atoms with Gasteiger partial charge in [0.15, 0.2) is 0 Å². The Balaban J connectivity index is 2.84. The quantitative estimate of drug-likeness (QED) is 0.146. The first-order chi connectivity index (χ1) is 10.7. The van der Waals surface area contributed by atoms with Crippen molar-refractivity contribution < 1.29 is 42.4 Å². The Morgan fingerprint density at radius 1 is 1.26 bits per heavy atom. The lowest BCUT2D eigenvalue weighted by atomic mass is 10.0. The van der Waals surface area contributed by atoms with Crippen LogP contribution in [0.15, 0.2) is 5.16 Å². The summed E-state index contributed by atoms with van der Waals surface area (Å²) in [6.07, 6.45) is -3.58. The summed E-state index contributed by atoms with van der Waals surface area (Å²) in [5.74, 6) is 0.540. The first kappa shape index (κ1) is 20.9. The monoisotopic (exact) mass is 393 g/mol. The van der Waals surface area contributed by atoms with Crippen molar-refractivity contribution in [3.05, 3.63) is 0 Å². The number of nitrogens with zero attached hydrogens (tertiary/aromatic N) is 1. The van der Waals surface area contributed by atoms with Crippen LogP contribution in [0.1, 0.15) is 6.42 Å². The van der Waals surface area contributed by atoms with Crippen molar-refractivity contribution in [3.63, 3.8) is 0 Å². The maximum absolute atomic E-state index is 10.6. The van der Waals surface area contributed by atoms with Crippen LogP contribution in [0.5, 0.6) is 0 Å². The van der Waals surface area contributed by atoms with Gasteiger partial charge < -0.3 is 25.2 Å². The summed E-state index contributed by atoms with van der Waals surface area (Å²) in [5.41, 5.74) is -1.11. The zero-order chi connectivity index (χ0) is 17.6. The molecule has 13 heteroatoms. The molecule has 0 amide bonds. The average molecular weight is 393 g/mol. The second-order valence-electron chi connectivity index (χ2n) is 4.55. The number of rotatable bonds is 7. The Morgan fingerprint density at radius 2 is 1.91 bits per heavy atom. The van der Waals surface area contributed by atoms with Gasteiger partial charge in [-0.1, -0.05) is 16.9 Å². The smallest absolute Gasteiger partial charge is 0.394 e. The fraction of sp³-hybridized carbons (Fsp3) is 0.900. The molecule has 0 spiro atoms. The third-order valence-electron chi connectivity index (χ3n) is 2.85. The van der Waals surface area contributed by atoms with Gasteiger partial charge >= 0.3 is 10.4 Å². The van der Waals surface area contributed by atoms with Gasteiger partial charge in [-0.05, 0) is 12.0 Å². The predicted molar refractivity (Wildman–Crippen MR) is 84.4 cm³/mol. The minimum Gasteiger partial charge on any atom is -0.394 e. The van der Waals surface area contributed by atoms with E-state index in [2.05, 4.69) is 9.44 Å². The normalized spacial score (nSPS) is 32.8. The van der Waals surface area contributed by atoms with Gasteiger partial charge in [-0.2, -0.15) is 20.2 Å². The van der Waals surface area contributed by atoms with Crippen LogP contribution < -0.4 is 0 Å². The van der Waals surface area contributed by atoms with Gasteiger partial charge in [0.05, 0.1) is 6.61 Å². The molecule has 0 aliphatic carbocycles. The topological polar surface area (TPSA) is 166 Å². The Labute approximate surface area is 141 Å². The Bertz CT molecular complexity index is 498. The van der Waals surface area contributed by atoms with Crippen LogP contribution in [0.3, 0.4) is 0 Å². The molecule has 136 valence electrons. The van der Waals surface area contributed by atoms with Crippen LogP contribution in [-0.2, 0) is 19.4 Å². The minimum atomic E-state index is -4.77. The highest BCUT2D eigenvalue weighted by Crippen LogP contribution is 2.30. The van der Waals surface area contributed by atoms with Crippen LogP contribution in [0.25, 0.3) is 0 Å². The number of ether oxygens (including phenoxy) is 1. The predicted octanol–water partition coefficient (Wildman–Crippen LogP) is -1.59. The third kappa shape index (κ3) is 6.72. The molecule has 0 saturated carbocycles. The van der Waals surface area contributed by atoms with E-state index in [1.165, 1.54) is 11.8 Å². The van der Waals surface area contributed by atoms with Gasteiger partial charge in [0.2, 0.25) is 0 Å². The van der Waals surface area contributed by atoms with E-state index < -0.39 is 46.9 Å². The van der Waals surface area contributed by atoms with Crippen molar-refractivity contribution in [2.75, 3.05) is 18.6 Å². The molecule has 1 aliphatic rings. The highest BCUT2D eigenvalue weighted by Gasteiger charge is 2.44. The number of hydrogen-bond acceptors (Lipinski definition) is 11. The molecule has 1 rings (SSSR count). The molecule has 23 heavy (non-hydrogen) atoms. The van der Waals surface area contributed by atoms with E-state index in [1.54, 1.807) is 6.26 Å². The van der Waals surface area contributed by atoms with Crippen molar-refractivity contribution in [2.45, 2.75) is 36.3 Å². The first-order valence-electron chi connectivity index (χ1n) is 6.38. The van der Waals surface area contributed by atoms with Crippen molar-refractivity contribution >= 4 is 39.0 Å². The molecule has 0 aromatic heterocycles. The van der Waals surface area contributed by atoms with Crippen LogP contribution in [0, 0.1) is 0 Å². The van der Waals surface area contributed by atoms with Crippen molar-refractivity contribution in [2.24, 2.45) is 5.16 Å². The molecular weight excluding hydrogens is 374 g/mol. The summed E-state index contributed by atoms with van der Waals surface area (Å²) in [6, 6.07) is 0. The molecular formula is C10H19NO9S3. The summed E-state index contributed by atoms with van der Waals surface area (Å²) in [5, 5.41) is 41.8. The van der Waals surface area contributed by atoms with Crippen LogP contribution in [0.2, 0.25) is 0 Å². The summed E-state index contributed by atoms with van der Waals surface area (Å²) in [6.45, 7) is -0.583. The van der Waals surface area contributed by atoms with Crippen LogP contribution in [0.4, 0.5) is 0 Å². The fourth-order valence-electron chi connectivity index (χ4n) is 1.70. The maximum atomic E-state index is 10.6. The van der Waals surface area contributed by atoms with Gasteiger partial charge in [0.25, 0.3) is 0 Å². The van der Waals surface area contributed by atoms with E-state index in [0.29, 0.717) is 5.75 Å². The Kier molecular flexibility index (Phi) is 8.54. The molecule has 1 aliphatic heterocycles. The van der Waals surface area contributed by atoms with Crippen molar-refractivity contribution in [1.82, 2.24) is 0 Å². The molecule has 1 heterocycles. The largest absolute Gasteiger partial charge is 0.466 e. The number of aliphatic hydroxyl groups excluding tert-OH is 4. The van der Waals surface area contributed by atoms with Gasteiger partial charge in [0, 0.05) is 6.42 Å². The van der Waals surface area contributed by atoms with Gasteiger partial charge in [-0.25, -0.2) is 4.28 Å². The Morgan fingerprint density at radius 3 is 2.43 bits per heavy atom. The SMILES string of the molecule is CSCC/C(=N/OS(=O)(=O)O)S[C@@H]1O[C@H](CO)[C@@H](O)[C@H](O)[C@H]1O. The molecule has 1 saturated heterocycles. The van der Waals surface area contributed by atoms with Crippen LogP contribution >= 0.6 is 23.5 Å². The Hall–Kier alpha value is -0.120. The fourth-order valence-corrected chi connectivity index (χ4v) is 3.53. The molecule has 0 radical (unpaired) electrons. The third-order valence-corrected chi connectivity index (χ3v) is 4.90.